The number of hydrogen-bond acceptors (Lipinski definition) is 6. The van der Waals surface area contributed by atoms with Gasteiger partial charge in [-0.05, 0) is 50.6 Å². The van der Waals surface area contributed by atoms with E-state index in [9.17, 15) is 9.59 Å². The predicted molar refractivity (Wildman–Crippen MR) is 100 cm³/mol. The van der Waals surface area contributed by atoms with E-state index in [1.165, 1.54) is 0 Å². The van der Waals surface area contributed by atoms with Crippen LogP contribution >= 0.6 is 0 Å². The smallest absolute Gasteiger partial charge is 0.234 e. The van der Waals surface area contributed by atoms with Crippen LogP contribution in [0.2, 0.25) is 0 Å². The summed E-state index contributed by atoms with van der Waals surface area (Å²) in [6, 6.07) is 5.41. The van der Waals surface area contributed by atoms with Crippen LogP contribution in [0.3, 0.4) is 0 Å². The molecule has 2 aliphatic rings. The zero-order chi connectivity index (χ0) is 19.1. The molecule has 2 aliphatic heterocycles. The van der Waals surface area contributed by atoms with Crippen molar-refractivity contribution >= 4 is 11.7 Å². The Balaban J connectivity index is 1.45. The number of ketones is 1. The molecule has 27 heavy (non-hydrogen) atoms. The maximum atomic E-state index is 12.8. The van der Waals surface area contributed by atoms with Gasteiger partial charge in [0.15, 0.2) is 17.3 Å². The lowest BCUT2D eigenvalue weighted by atomic mass is 9.88. The second kappa shape index (κ2) is 9.71. The molecule has 1 aromatic carbocycles. The average Bonchev–Trinajstić information content (AvgIpc) is 2.71. The molecule has 1 N–H and O–H groups in total. The lowest BCUT2D eigenvalue weighted by molar-refractivity contribution is -0.122. The normalized spacial score (nSPS) is 17.5. The Morgan fingerprint density at radius 1 is 1.19 bits per heavy atom. The molecule has 7 heteroatoms. The van der Waals surface area contributed by atoms with Crippen LogP contribution in [0.4, 0.5) is 0 Å². The Kier molecular flexibility index (Phi) is 7.06. The van der Waals surface area contributed by atoms with Crippen molar-refractivity contribution in [3.05, 3.63) is 23.8 Å². The molecule has 1 amide bonds. The van der Waals surface area contributed by atoms with E-state index < -0.39 is 0 Å². The lowest BCUT2D eigenvalue weighted by Gasteiger charge is -2.30. The third-order valence-corrected chi connectivity index (χ3v) is 5.00. The van der Waals surface area contributed by atoms with Gasteiger partial charge in [-0.3, -0.25) is 14.5 Å². The number of piperidine rings is 1. The summed E-state index contributed by atoms with van der Waals surface area (Å²) in [6.45, 7) is 4.23. The van der Waals surface area contributed by atoms with Crippen LogP contribution in [0.1, 0.15) is 29.6 Å². The topological polar surface area (TPSA) is 77.1 Å². The minimum atomic E-state index is -0.00595. The Morgan fingerprint density at radius 2 is 1.93 bits per heavy atom. The van der Waals surface area contributed by atoms with Crippen molar-refractivity contribution in [1.82, 2.24) is 10.2 Å². The van der Waals surface area contributed by atoms with Gasteiger partial charge in [0, 0.05) is 31.7 Å². The van der Waals surface area contributed by atoms with Gasteiger partial charge in [-0.1, -0.05) is 0 Å². The first kappa shape index (κ1) is 19.6. The first-order valence-corrected chi connectivity index (χ1v) is 9.59. The van der Waals surface area contributed by atoms with Crippen molar-refractivity contribution in [2.45, 2.75) is 19.3 Å². The van der Waals surface area contributed by atoms with Crippen LogP contribution in [0, 0.1) is 5.92 Å². The molecule has 0 radical (unpaired) electrons. The minimum Gasteiger partial charge on any atom is -0.486 e. The van der Waals surface area contributed by atoms with Crippen molar-refractivity contribution in [1.29, 1.82) is 0 Å². The van der Waals surface area contributed by atoms with Gasteiger partial charge in [-0.15, -0.1) is 0 Å². The highest BCUT2D eigenvalue weighted by Crippen LogP contribution is 2.32. The maximum Gasteiger partial charge on any atom is 0.234 e. The summed E-state index contributed by atoms with van der Waals surface area (Å²) in [6.07, 6.45) is 2.35. The molecule has 0 atom stereocenters. The third-order valence-electron chi connectivity index (χ3n) is 5.00. The van der Waals surface area contributed by atoms with Crippen molar-refractivity contribution in [3.8, 4) is 11.5 Å². The molecule has 2 heterocycles. The highest BCUT2D eigenvalue weighted by Gasteiger charge is 2.27. The molecule has 0 spiro atoms. The van der Waals surface area contributed by atoms with Crippen LogP contribution < -0.4 is 14.8 Å². The molecule has 1 aromatic rings. The van der Waals surface area contributed by atoms with E-state index >= 15 is 0 Å². The molecule has 0 unspecified atom stereocenters. The molecule has 0 aliphatic carbocycles. The zero-order valence-corrected chi connectivity index (χ0v) is 15.9. The predicted octanol–water partition coefficient (Wildman–Crippen LogP) is 1.51. The largest absolute Gasteiger partial charge is 0.486 e. The highest BCUT2D eigenvalue weighted by molar-refractivity contribution is 5.98. The fourth-order valence-corrected chi connectivity index (χ4v) is 3.49. The SMILES string of the molecule is COCCCNC(=O)CN1CCC(C(=O)c2ccc3c(c2)OCCO3)CC1. The van der Waals surface area contributed by atoms with Crippen LogP contribution in [-0.4, -0.2) is 69.7 Å². The Hall–Kier alpha value is -2.12. The zero-order valence-electron chi connectivity index (χ0n) is 15.9. The molecule has 0 saturated carbocycles. The summed E-state index contributed by atoms with van der Waals surface area (Å²) in [5.74, 6) is 1.52. The molecule has 3 rings (SSSR count). The number of Topliss-reactive ketones (excluding diaryl/α,β-unsaturated/α-hetero) is 1. The summed E-state index contributed by atoms with van der Waals surface area (Å²) in [4.78, 5) is 26.9. The van der Waals surface area contributed by atoms with Gasteiger partial charge in [0.2, 0.25) is 5.91 Å². The van der Waals surface area contributed by atoms with E-state index in [0.29, 0.717) is 50.0 Å². The van der Waals surface area contributed by atoms with Gasteiger partial charge < -0.3 is 19.5 Å². The molecule has 148 valence electrons. The molecular weight excluding hydrogens is 348 g/mol. The Morgan fingerprint density at radius 3 is 2.67 bits per heavy atom. The van der Waals surface area contributed by atoms with E-state index in [-0.39, 0.29) is 17.6 Å². The summed E-state index contributed by atoms with van der Waals surface area (Å²) in [5, 5.41) is 2.90. The molecular formula is C20H28N2O5. The number of fused-ring (bicyclic) bond motifs is 1. The Labute approximate surface area is 160 Å². The number of hydrogen-bond donors (Lipinski definition) is 1. The van der Waals surface area contributed by atoms with Crippen LogP contribution in [0.5, 0.6) is 11.5 Å². The van der Waals surface area contributed by atoms with E-state index in [1.54, 1.807) is 13.2 Å². The molecule has 0 aromatic heterocycles. The number of methoxy groups -OCH3 is 1. The minimum absolute atomic E-state index is 0.00595. The quantitative estimate of drug-likeness (QED) is 0.547. The number of ether oxygens (including phenoxy) is 3. The molecule has 1 saturated heterocycles. The van der Waals surface area contributed by atoms with Gasteiger partial charge in [0.05, 0.1) is 6.54 Å². The van der Waals surface area contributed by atoms with Crippen molar-refractivity contribution in [2.24, 2.45) is 5.92 Å². The van der Waals surface area contributed by atoms with Crippen molar-refractivity contribution in [2.75, 3.05) is 53.1 Å². The molecule has 1 fully saturated rings. The maximum absolute atomic E-state index is 12.8. The summed E-state index contributed by atoms with van der Waals surface area (Å²) in [5.41, 5.74) is 0.675. The lowest BCUT2D eigenvalue weighted by Crippen LogP contribution is -2.43. The van der Waals surface area contributed by atoms with Crippen LogP contribution in [0.15, 0.2) is 18.2 Å². The van der Waals surface area contributed by atoms with Crippen LogP contribution in [0.25, 0.3) is 0 Å². The number of nitrogens with one attached hydrogen (secondary N) is 1. The van der Waals surface area contributed by atoms with Gasteiger partial charge in [-0.25, -0.2) is 0 Å². The number of rotatable bonds is 8. The average molecular weight is 376 g/mol. The van der Waals surface area contributed by atoms with Gasteiger partial charge in [0.25, 0.3) is 0 Å². The standard InChI is InChI=1S/C20H28N2O5/c1-25-10-2-7-21-19(23)14-22-8-5-15(6-9-22)20(24)16-3-4-17-18(13-16)27-12-11-26-17/h3-4,13,15H,2,5-12,14H2,1H3,(H,21,23). The fourth-order valence-electron chi connectivity index (χ4n) is 3.49. The van der Waals surface area contributed by atoms with E-state index in [4.69, 9.17) is 14.2 Å². The first-order valence-electron chi connectivity index (χ1n) is 9.59. The number of nitrogens with zero attached hydrogens (tertiary/aromatic N) is 1. The summed E-state index contributed by atoms with van der Waals surface area (Å²) in [7, 11) is 1.65. The number of likely N-dealkylation sites (tertiary alicyclic amines) is 1. The van der Waals surface area contributed by atoms with E-state index in [1.807, 2.05) is 12.1 Å². The monoisotopic (exact) mass is 376 g/mol. The molecule has 7 nitrogen and oxygen atoms in total. The van der Waals surface area contributed by atoms with Crippen molar-refractivity contribution < 1.29 is 23.8 Å². The van der Waals surface area contributed by atoms with Gasteiger partial charge in [-0.2, -0.15) is 0 Å². The fraction of sp³-hybridized carbons (Fsp3) is 0.600. The summed E-state index contributed by atoms with van der Waals surface area (Å²) < 4.78 is 16.0. The highest BCUT2D eigenvalue weighted by atomic mass is 16.6. The number of amides is 1. The van der Waals surface area contributed by atoms with Gasteiger partial charge in [0.1, 0.15) is 13.2 Å². The number of benzene rings is 1. The molecule has 0 bridgehead atoms. The first-order chi connectivity index (χ1) is 13.2. The van der Waals surface area contributed by atoms with Crippen molar-refractivity contribution in [3.63, 3.8) is 0 Å². The second-order valence-electron chi connectivity index (χ2n) is 6.97. The number of carbonyl (C=O) groups is 2. The van der Waals surface area contributed by atoms with E-state index in [2.05, 4.69) is 10.2 Å². The number of carbonyl (C=O) groups excluding carboxylic acids is 2. The van der Waals surface area contributed by atoms with E-state index in [0.717, 1.165) is 32.4 Å². The second-order valence-corrected chi connectivity index (χ2v) is 6.97. The third kappa shape index (κ3) is 5.43. The Bertz CT molecular complexity index is 656. The summed E-state index contributed by atoms with van der Waals surface area (Å²) >= 11 is 0. The van der Waals surface area contributed by atoms with Crippen LogP contribution in [-0.2, 0) is 9.53 Å². The van der Waals surface area contributed by atoms with Gasteiger partial charge >= 0.3 is 0 Å².